The van der Waals surface area contributed by atoms with E-state index in [1.54, 1.807) is 0 Å². The van der Waals surface area contributed by atoms with Crippen molar-refractivity contribution < 1.29 is 4.42 Å². The molecule has 3 nitrogen and oxygen atoms in total. The number of rotatable bonds is 7. The molecule has 0 saturated carbocycles. The Balaban J connectivity index is 1.49. The van der Waals surface area contributed by atoms with Gasteiger partial charge in [-0.25, -0.2) is 0 Å². The first kappa shape index (κ1) is 32.2. The molecular formula is C48H42N2O. The zero-order valence-electron chi connectivity index (χ0n) is 29.9. The van der Waals surface area contributed by atoms with Crippen LogP contribution in [0.15, 0.2) is 168 Å². The third kappa shape index (κ3) is 6.17. The third-order valence-corrected chi connectivity index (χ3v) is 9.73. The molecule has 0 amide bonds. The highest BCUT2D eigenvalue weighted by Crippen LogP contribution is 2.51. The summed E-state index contributed by atoms with van der Waals surface area (Å²) in [5.74, 6) is 0. The van der Waals surface area contributed by atoms with E-state index in [0.29, 0.717) is 0 Å². The molecule has 1 aromatic heterocycles. The van der Waals surface area contributed by atoms with Gasteiger partial charge in [0.05, 0.1) is 11.4 Å². The highest BCUT2D eigenvalue weighted by molar-refractivity contribution is 6.07. The third-order valence-electron chi connectivity index (χ3n) is 9.73. The molecule has 7 aromatic carbocycles. The van der Waals surface area contributed by atoms with Gasteiger partial charge in [-0.2, -0.15) is 0 Å². The number of anilines is 6. The second kappa shape index (κ2) is 13.0. The number of benzene rings is 7. The minimum Gasteiger partial charge on any atom is -0.456 e. The Morgan fingerprint density at radius 2 is 0.902 bits per heavy atom. The normalized spacial score (nSPS) is 11.6. The van der Waals surface area contributed by atoms with Crippen molar-refractivity contribution in [3.8, 4) is 11.1 Å². The highest BCUT2D eigenvalue weighted by Gasteiger charge is 2.28. The Hall–Kier alpha value is -6.06. The molecule has 8 aromatic rings. The number of fused-ring (bicyclic) bond motifs is 3. The minimum absolute atomic E-state index is 0.143. The van der Waals surface area contributed by atoms with E-state index < -0.39 is 0 Å². The van der Waals surface area contributed by atoms with Gasteiger partial charge in [-0.1, -0.05) is 123 Å². The van der Waals surface area contributed by atoms with Crippen LogP contribution in [0.2, 0.25) is 0 Å². The maximum absolute atomic E-state index is 6.48. The molecule has 1 heterocycles. The van der Waals surface area contributed by atoms with E-state index in [2.05, 4.69) is 196 Å². The smallest absolute Gasteiger partial charge is 0.137 e. The molecule has 250 valence electrons. The number of aryl methyl sites for hydroxylation is 2. The fraction of sp³-hybridized carbons (Fsp3) is 0.125. The summed E-state index contributed by atoms with van der Waals surface area (Å²) >= 11 is 0. The maximum Gasteiger partial charge on any atom is 0.137 e. The predicted octanol–water partition coefficient (Wildman–Crippen LogP) is 14.1. The van der Waals surface area contributed by atoms with Crippen LogP contribution >= 0.6 is 0 Å². The molecule has 0 unspecified atom stereocenters. The Bertz CT molecular complexity index is 2450. The topological polar surface area (TPSA) is 19.6 Å². The zero-order chi connectivity index (χ0) is 35.1. The van der Waals surface area contributed by atoms with Gasteiger partial charge in [-0.3, -0.25) is 0 Å². The summed E-state index contributed by atoms with van der Waals surface area (Å²) in [5.41, 5.74) is 14.1. The van der Waals surface area contributed by atoms with Crippen LogP contribution in [0.25, 0.3) is 33.1 Å². The van der Waals surface area contributed by atoms with Crippen molar-refractivity contribution in [3.05, 3.63) is 180 Å². The first-order valence-electron chi connectivity index (χ1n) is 17.7. The summed E-state index contributed by atoms with van der Waals surface area (Å²) in [7, 11) is 0. The molecule has 0 saturated heterocycles. The van der Waals surface area contributed by atoms with E-state index in [1.165, 1.54) is 16.7 Å². The average Bonchev–Trinajstić information content (AvgIpc) is 3.52. The van der Waals surface area contributed by atoms with Crippen LogP contribution in [0, 0.1) is 13.8 Å². The van der Waals surface area contributed by atoms with Gasteiger partial charge < -0.3 is 14.2 Å². The number of furan rings is 1. The monoisotopic (exact) mass is 662 g/mol. The lowest BCUT2D eigenvalue weighted by Crippen LogP contribution is -2.19. The van der Waals surface area contributed by atoms with E-state index in [-0.39, 0.29) is 5.41 Å². The summed E-state index contributed by atoms with van der Waals surface area (Å²) in [5, 5.41) is 2.24. The first-order valence-corrected chi connectivity index (χ1v) is 17.7. The van der Waals surface area contributed by atoms with Gasteiger partial charge in [-0.05, 0) is 97.1 Å². The minimum atomic E-state index is -0.143. The lowest BCUT2D eigenvalue weighted by Gasteiger charge is -2.35. The summed E-state index contributed by atoms with van der Waals surface area (Å²) in [6.45, 7) is 11.2. The number of para-hydroxylation sites is 2. The van der Waals surface area contributed by atoms with Crippen molar-refractivity contribution in [2.75, 3.05) is 9.80 Å². The van der Waals surface area contributed by atoms with Crippen LogP contribution in [0.1, 0.15) is 37.5 Å². The molecule has 0 fully saturated rings. The lowest BCUT2D eigenvalue weighted by molar-refractivity contribution is 0.590. The van der Waals surface area contributed by atoms with Gasteiger partial charge in [0.2, 0.25) is 0 Å². The van der Waals surface area contributed by atoms with Crippen LogP contribution in [0.4, 0.5) is 34.1 Å². The summed E-state index contributed by atoms with van der Waals surface area (Å²) in [6.07, 6.45) is 0. The van der Waals surface area contributed by atoms with Crippen LogP contribution in [0.3, 0.4) is 0 Å². The molecule has 0 N–H and O–H groups in total. The van der Waals surface area contributed by atoms with Crippen molar-refractivity contribution in [2.24, 2.45) is 0 Å². The Labute approximate surface area is 301 Å². The molecule has 0 aliphatic heterocycles. The van der Waals surface area contributed by atoms with Gasteiger partial charge in [0.25, 0.3) is 0 Å². The molecule has 0 radical (unpaired) electrons. The molecule has 0 bridgehead atoms. The number of hydrogen-bond donors (Lipinski definition) is 0. The van der Waals surface area contributed by atoms with Crippen molar-refractivity contribution in [1.29, 1.82) is 0 Å². The van der Waals surface area contributed by atoms with Gasteiger partial charge in [-0.15, -0.1) is 0 Å². The van der Waals surface area contributed by atoms with Crippen LogP contribution in [-0.4, -0.2) is 0 Å². The Morgan fingerprint density at radius 3 is 1.49 bits per heavy atom. The van der Waals surface area contributed by atoms with E-state index in [9.17, 15) is 0 Å². The van der Waals surface area contributed by atoms with E-state index in [0.717, 1.165) is 67.2 Å². The summed E-state index contributed by atoms with van der Waals surface area (Å²) in [6, 6.07) is 59.0. The molecule has 3 heteroatoms. The van der Waals surface area contributed by atoms with E-state index in [1.807, 2.05) is 12.1 Å². The van der Waals surface area contributed by atoms with E-state index >= 15 is 0 Å². The standard InChI is InChI=1S/C48H42N2O/c1-33-20-24-38(25-21-33)49(37-16-10-7-11-17-37)43-30-36(48(3,4)5)31-44(47(43)35-14-8-6-9-15-35)50(39-26-22-34(2)23-27-39)40-28-29-42-41-18-12-13-19-45(41)51-46(42)32-40/h6-32H,1-5H3. The maximum atomic E-state index is 6.48. The Kier molecular flexibility index (Phi) is 8.20. The fourth-order valence-corrected chi connectivity index (χ4v) is 6.97. The fourth-order valence-electron chi connectivity index (χ4n) is 6.97. The SMILES string of the molecule is Cc1ccc(N(c2ccccc2)c2cc(C(C)(C)C)cc(N(c3ccc(C)cc3)c3ccc4c(c3)oc3ccccc34)c2-c2ccccc2)cc1. The van der Waals surface area contributed by atoms with Crippen LogP contribution in [-0.2, 0) is 5.41 Å². The number of hydrogen-bond acceptors (Lipinski definition) is 3. The molecule has 0 atom stereocenters. The van der Waals surface area contributed by atoms with Gasteiger partial charge >= 0.3 is 0 Å². The quantitative estimate of drug-likeness (QED) is 0.169. The van der Waals surface area contributed by atoms with Crippen molar-refractivity contribution in [1.82, 2.24) is 0 Å². The number of nitrogens with zero attached hydrogens (tertiary/aromatic N) is 2. The molecule has 0 spiro atoms. The zero-order valence-corrected chi connectivity index (χ0v) is 29.9. The molecule has 51 heavy (non-hydrogen) atoms. The van der Waals surface area contributed by atoms with Gasteiger partial charge in [0.15, 0.2) is 0 Å². The lowest BCUT2D eigenvalue weighted by atomic mass is 9.84. The highest BCUT2D eigenvalue weighted by atomic mass is 16.3. The van der Waals surface area contributed by atoms with Gasteiger partial charge in [0, 0.05) is 45.2 Å². The Morgan fingerprint density at radius 1 is 0.431 bits per heavy atom. The molecule has 8 rings (SSSR count). The van der Waals surface area contributed by atoms with Crippen molar-refractivity contribution in [2.45, 2.75) is 40.0 Å². The molecule has 0 aliphatic rings. The summed E-state index contributed by atoms with van der Waals surface area (Å²) in [4.78, 5) is 4.82. The first-order chi connectivity index (χ1) is 24.7. The second-order valence-electron chi connectivity index (χ2n) is 14.5. The molecule has 0 aliphatic carbocycles. The van der Waals surface area contributed by atoms with E-state index in [4.69, 9.17) is 4.42 Å². The average molecular weight is 663 g/mol. The van der Waals surface area contributed by atoms with Gasteiger partial charge in [0.1, 0.15) is 11.2 Å². The van der Waals surface area contributed by atoms with Crippen molar-refractivity contribution >= 4 is 56.1 Å². The summed E-state index contributed by atoms with van der Waals surface area (Å²) < 4.78 is 6.48. The van der Waals surface area contributed by atoms with Crippen LogP contribution < -0.4 is 9.80 Å². The largest absolute Gasteiger partial charge is 0.456 e. The second-order valence-corrected chi connectivity index (χ2v) is 14.5. The molecular weight excluding hydrogens is 621 g/mol. The van der Waals surface area contributed by atoms with Crippen molar-refractivity contribution in [3.63, 3.8) is 0 Å². The predicted molar refractivity (Wildman–Crippen MR) is 217 cm³/mol. The van der Waals surface area contributed by atoms with Crippen LogP contribution in [0.5, 0.6) is 0 Å².